The van der Waals surface area contributed by atoms with Gasteiger partial charge in [-0.1, -0.05) is 15.9 Å². The molecule has 0 radical (unpaired) electrons. The molecule has 1 atom stereocenters. The maximum atomic E-state index is 12.8. The predicted octanol–water partition coefficient (Wildman–Crippen LogP) is 2.88. The van der Waals surface area contributed by atoms with Crippen LogP contribution in [0.25, 0.3) is 10.9 Å². The first-order chi connectivity index (χ1) is 11.5. The van der Waals surface area contributed by atoms with Crippen molar-refractivity contribution >= 4 is 32.7 Å². The second kappa shape index (κ2) is 5.66. The van der Waals surface area contributed by atoms with Crippen LogP contribution >= 0.6 is 15.9 Å². The number of carbonyl (C=O) groups excluding carboxylic acids is 1. The lowest BCUT2D eigenvalue weighted by atomic mass is 10.1. The molecule has 1 amide bonds. The van der Waals surface area contributed by atoms with Crippen molar-refractivity contribution < 1.29 is 4.79 Å². The van der Waals surface area contributed by atoms with E-state index in [2.05, 4.69) is 31.1 Å². The molecule has 7 heteroatoms. The van der Waals surface area contributed by atoms with E-state index >= 15 is 0 Å². The maximum absolute atomic E-state index is 12.8. The Kier molecular flexibility index (Phi) is 3.60. The Labute approximate surface area is 146 Å². The minimum absolute atomic E-state index is 0.00195. The van der Waals surface area contributed by atoms with Gasteiger partial charge in [0.1, 0.15) is 5.69 Å². The van der Waals surface area contributed by atoms with Crippen molar-refractivity contribution in [2.45, 2.75) is 19.3 Å². The van der Waals surface area contributed by atoms with Crippen molar-refractivity contribution in [1.82, 2.24) is 20.1 Å². The number of hydrogen-bond donors (Lipinski definition) is 3. The summed E-state index contributed by atoms with van der Waals surface area (Å²) in [5.74, 6) is 0.176. The number of halogens is 1. The van der Waals surface area contributed by atoms with Crippen LogP contribution in [0.4, 0.5) is 0 Å². The molecule has 0 spiro atoms. The highest BCUT2D eigenvalue weighted by Crippen LogP contribution is 2.29. The summed E-state index contributed by atoms with van der Waals surface area (Å²) in [7, 11) is 0. The molecule has 0 saturated carbocycles. The number of likely N-dealkylation sites (tertiary alicyclic amines) is 1. The van der Waals surface area contributed by atoms with Gasteiger partial charge in [0.05, 0.1) is 0 Å². The summed E-state index contributed by atoms with van der Waals surface area (Å²) in [4.78, 5) is 29.1. The molecular formula is C17H17BrN4O2. The van der Waals surface area contributed by atoms with Gasteiger partial charge in [-0.25, -0.2) is 0 Å². The summed E-state index contributed by atoms with van der Waals surface area (Å²) >= 11 is 3.52. The van der Waals surface area contributed by atoms with Crippen LogP contribution in [0.1, 0.15) is 34.1 Å². The van der Waals surface area contributed by atoms with Gasteiger partial charge in [-0.2, -0.15) is 0 Å². The minimum atomic E-state index is -0.133. The molecule has 6 nitrogen and oxygen atoms in total. The molecule has 1 aliphatic rings. The molecule has 1 fully saturated rings. The normalized spacial score (nSPS) is 17.8. The fraction of sp³-hybridized carbons (Fsp3) is 0.294. The fourth-order valence-electron chi connectivity index (χ4n) is 3.37. The van der Waals surface area contributed by atoms with Crippen LogP contribution in [0.2, 0.25) is 0 Å². The molecule has 3 heterocycles. The third-order valence-electron chi connectivity index (χ3n) is 4.77. The zero-order chi connectivity index (χ0) is 16.8. The summed E-state index contributed by atoms with van der Waals surface area (Å²) in [6.07, 6.45) is 0.852. The Balaban J connectivity index is 1.58. The lowest BCUT2D eigenvalue weighted by Gasteiger charge is -2.15. The predicted molar refractivity (Wildman–Crippen MR) is 95.4 cm³/mol. The molecule has 1 saturated heterocycles. The van der Waals surface area contributed by atoms with E-state index in [1.807, 2.05) is 30.0 Å². The average molecular weight is 389 g/mol. The van der Waals surface area contributed by atoms with E-state index in [1.165, 1.54) is 0 Å². The van der Waals surface area contributed by atoms with Gasteiger partial charge in [-0.3, -0.25) is 14.7 Å². The summed E-state index contributed by atoms with van der Waals surface area (Å²) in [5, 5.41) is 6.50. The van der Waals surface area contributed by atoms with Crippen molar-refractivity contribution in [3.8, 4) is 0 Å². The molecule has 3 aromatic rings. The van der Waals surface area contributed by atoms with Crippen LogP contribution < -0.4 is 5.56 Å². The lowest BCUT2D eigenvalue weighted by Crippen LogP contribution is -2.28. The minimum Gasteiger partial charge on any atom is -0.351 e. The Morgan fingerprint density at radius 3 is 2.88 bits per heavy atom. The Morgan fingerprint density at radius 1 is 1.29 bits per heavy atom. The van der Waals surface area contributed by atoms with Crippen LogP contribution in [-0.2, 0) is 0 Å². The SMILES string of the molecule is Cc1c(Br)ccc2[nH]c(C(=O)N3CCC(c4cc(=O)[nH][nH]4)C3)cc12. The third-order valence-corrected chi connectivity index (χ3v) is 5.63. The van der Waals surface area contributed by atoms with E-state index in [0.29, 0.717) is 18.8 Å². The molecule has 4 rings (SSSR count). The number of hydrogen-bond acceptors (Lipinski definition) is 2. The molecule has 2 aromatic heterocycles. The molecule has 0 aliphatic carbocycles. The van der Waals surface area contributed by atoms with Crippen LogP contribution in [-0.4, -0.2) is 39.1 Å². The van der Waals surface area contributed by atoms with Gasteiger partial charge in [0.15, 0.2) is 0 Å². The zero-order valence-electron chi connectivity index (χ0n) is 13.1. The highest BCUT2D eigenvalue weighted by molar-refractivity contribution is 9.10. The second-order valence-corrected chi connectivity index (χ2v) is 7.12. The fourth-order valence-corrected chi connectivity index (χ4v) is 3.72. The Hall–Kier alpha value is -2.28. The maximum Gasteiger partial charge on any atom is 0.270 e. The Bertz CT molecular complexity index is 984. The number of aromatic nitrogens is 3. The molecular weight excluding hydrogens is 372 g/mol. The van der Waals surface area contributed by atoms with Gasteiger partial charge in [-0.05, 0) is 37.1 Å². The standard InChI is InChI=1S/C17H17BrN4O2/c1-9-11-6-15(19-13(11)3-2-12(9)18)17(24)22-5-4-10(8-22)14-7-16(23)21-20-14/h2-3,6-7,10,19H,4-5,8H2,1H3,(H2,20,21,23). The first kappa shape index (κ1) is 15.3. The molecule has 1 aliphatic heterocycles. The topological polar surface area (TPSA) is 84.8 Å². The number of fused-ring (bicyclic) bond motifs is 1. The molecule has 24 heavy (non-hydrogen) atoms. The van der Waals surface area contributed by atoms with Crippen molar-refractivity contribution in [3.05, 3.63) is 56.0 Å². The number of amides is 1. The molecule has 1 unspecified atom stereocenters. The van der Waals surface area contributed by atoms with E-state index in [1.54, 1.807) is 6.07 Å². The summed E-state index contributed by atoms with van der Waals surface area (Å²) in [6, 6.07) is 7.45. The first-order valence-electron chi connectivity index (χ1n) is 7.87. The first-order valence-corrected chi connectivity index (χ1v) is 8.67. The molecule has 1 aromatic carbocycles. The van der Waals surface area contributed by atoms with Gasteiger partial charge in [-0.15, -0.1) is 0 Å². The van der Waals surface area contributed by atoms with Gasteiger partial charge in [0, 0.05) is 46.1 Å². The second-order valence-electron chi connectivity index (χ2n) is 6.27. The van der Waals surface area contributed by atoms with Gasteiger partial charge in [0.25, 0.3) is 11.5 Å². The number of aryl methyl sites for hydroxylation is 1. The van der Waals surface area contributed by atoms with Crippen molar-refractivity contribution in [1.29, 1.82) is 0 Å². The largest absolute Gasteiger partial charge is 0.351 e. The number of rotatable bonds is 2. The van der Waals surface area contributed by atoms with Crippen molar-refractivity contribution in [2.75, 3.05) is 13.1 Å². The number of nitrogens with zero attached hydrogens (tertiary/aromatic N) is 1. The van der Waals surface area contributed by atoms with E-state index in [9.17, 15) is 9.59 Å². The average Bonchev–Trinajstić information content (AvgIpc) is 3.28. The van der Waals surface area contributed by atoms with Crippen LogP contribution in [0.3, 0.4) is 0 Å². The van der Waals surface area contributed by atoms with Gasteiger partial charge < -0.3 is 15.0 Å². The van der Waals surface area contributed by atoms with E-state index < -0.39 is 0 Å². The Morgan fingerprint density at radius 2 is 2.12 bits per heavy atom. The van der Waals surface area contributed by atoms with E-state index in [4.69, 9.17) is 0 Å². The summed E-state index contributed by atoms with van der Waals surface area (Å²) < 4.78 is 1.03. The monoisotopic (exact) mass is 388 g/mol. The van der Waals surface area contributed by atoms with Gasteiger partial charge in [0.2, 0.25) is 0 Å². The number of carbonyl (C=O) groups is 1. The third kappa shape index (κ3) is 2.49. The number of benzene rings is 1. The highest BCUT2D eigenvalue weighted by atomic mass is 79.9. The molecule has 3 N–H and O–H groups in total. The summed E-state index contributed by atoms with van der Waals surface area (Å²) in [6.45, 7) is 3.34. The molecule has 0 bridgehead atoms. The number of H-pyrrole nitrogens is 3. The molecule has 124 valence electrons. The van der Waals surface area contributed by atoms with Crippen LogP contribution in [0.15, 0.2) is 33.5 Å². The van der Waals surface area contributed by atoms with Crippen molar-refractivity contribution in [3.63, 3.8) is 0 Å². The number of aromatic amines is 3. The van der Waals surface area contributed by atoms with E-state index in [0.717, 1.165) is 33.1 Å². The zero-order valence-corrected chi connectivity index (χ0v) is 14.7. The van der Waals surface area contributed by atoms with Gasteiger partial charge >= 0.3 is 0 Å². The van der Waals surface area contributed by atoms with Crippen LogP contribution in [0, 0.1) is 6.92 Å². The van der Waals surface area contributed by atoms with Crippen molar-refractivity contribution in [2.24, 2.45) is 0 Å². The lowest BCUT2D eigenvalue weighted by molar-refractivity contribution is 0.0786. The van der Waals surface area contributed by atoms with E-state index in [-0.39, 0.29) is 17.4 Å². The highest BCUT2D eigenvalue weighted by Gasteiger charge is 2.29. The quantitative estimate of drug-likeness (QED) is 0.630. The summed E-state index contributed by atoms with van der Waals surface area (Å²) in [5.41, 5.74) is 3.42. The number of nitrogens with one attached hydrogen (secondary N) is 3. The smallest absolute Gasteiger partial charge is 0.270 e. The van der Waals surface area contributed by atoms with Crippen LogP contribution in [0.5, 0.6) is 0 Å².